The second kappa shape index (κ2) is 6.78. The van der Waals surface area contributed by atoms with E-state index < -0.39 is 0 Å². The van der Waals surface area contributed by atoms with Crippen LogP contribution >= 0.6 is 0 Å². The maximum atomic E-state index is 12.8. The summed E-state index contributed by atoms with van der Waals surface area (Å²) in [5.74, 6) is 0.986. The zero-order valence-corrected chi connectivity index (χ0v) is 13.0. The zero-order valence-electron chi connectivity index (χ0n) is 13.0. The number of nitrogens with zero attached hydrogens (tertiary/aromatic N) is 3. The molecule has 122 valence electrons. The summed E-state index contributed by atoms with van der Waals surface area (Å²) >= 11 is 0. The highest BCUT2D eigenvalue weighted by Gasteiger charge is 2.29. The van der Waals surface area contributed by atoms with Crippen LogP contribution in [0.4, 0.5) is 5.69 Å². The van der Waals surface area contributed by atoms with Crippen LogP contribution in [0.15, 0.2) is 28.8 Å². The number of rotatable bonds is 5. The minimum Gasteiger partial charge on any atom is -0.394 e. The van der Waals surface area contributed by atoms with Crippen LogP contribution in [0.2, 0.25) is 0 Å². The first kappa shape index (κ1) is 15.5. The quantitative estimate of drug-likeness (QED) is 0.870. The Labute approximate surface area is 134 Å². The third kappa shape index (κ3) is 3.34. The van der Waals surface area contributed by atoms with Crippen LogP contribution < -0.4 is 5.32 Å². The Hall–Kier alpha value is -2.41. The van der Waals surface area contributed by atoms with Crippen LogP contribution in [0.5, 0.6) is 0 Å². The molecular formula is C16H20N4O3. The number of para-hydroxylation sites is 1. The van der Waals surface area contributed by atoms with Crippen molar-refractivity contribution in [3.8, 4) is 0 Å². The Morgan fingerprint density at radius 1 is 1.48 bits per heavy atom. The van der Waals surface area contributed by atoms with Crippen LogP contribution in [-0.4, -0.2) is 45.2 Å². The van der Waals surface area contributed by atoms with E-state index in [0.29, 0.717) is 30.4 Å². The predicted octanol–water partition coefficient (Wildman–Crippen LogP) is 1.59. The van der Waals surface area contributed by atoms with E-state index in [4.69, 9.17) is 4.52 Å². The van der Waals surface area contributed by atoms with Gasteiger partial charge in [0, 0.05) is 12.2 Å². The van der Waals surface area contributed by atoms with E-state index in [2.05, 4.69) is 15.5 Å². The Balaban J connectivity index is 1.76. The summed E-state index contributed by atoms with van der Waals surface area (Å²) in [5, 5.41) is 16.3. The van der Waals surface area contributed by atoms with Crippen LogP contribution in [0, 0.1) is 6.92 Å². The van der Waals surface area contributed by atoms with Gasteiger partial charge < -0.3 is 19.8 Å². The molecule has 7 nitrogen and oxygen atoms in total. The summed E-state index contributed by atoms with van der Waals surface area (Å²) in [4.78, 5) is 18.7. The van der Waals surface area contributed by atoms with Gasteiger partial charge in [-0.05, 0) is 31.9 Å². The number of anilines is 1. The number of hydrogen-bond acceptors (Lipinski definition) is 6. The largest absolute Gasteiger partial charge is 0.394 e. The average Bonchev–Trinajstić information content (AvgIpc) is 3.21. The number of nitrogens with one attached hydrogen (secondary N) is 1. The fourth-order valence-corrected chi connectivity index (χ4v) is 2.85. The van der Waals surface area contributed by atoms with Gasteiger partial charge >= 0.3 is 0 Å². The molecule has 0 bridgehead atoms. The van der Waals surface area contributed by atoms with Gasteiger partial charge in [0.2, 0.25) is 5.89 Å². The van der Waals surface area contributed by atoms with Crippen LogP contribution in [0.3, 0.4) is 0 Å². The average molecular weight is 316 g/mol. The van der Waals surface area contributed by atoms with Gasteiger partial charge in [-0.25, -0.2) is 0 Å². The second-order valence-electron chi connectivity index (χ2n) is 5.61. The summed E-state index contributed by atoms with van der Waals surface area (Å²) in [7, 11) is 0. The number of aliphatic hydroxyl groups is 1. The van der Waals surface area contributed by atoms with Crippen LogP contribution in [0.25, 0.3) is 0 Å². The first-order chi connectivity index (χ1) is 11.2. The molecule has 0 saturated carbocycles. The number of hydrogen-bond donors (Lipinski definition) is 2. The third-order valence-electron chi connectivity index (χ3n) is 4.01. The smallest absolute Gasteiger partial charge is 0.256 e. The Morgan fingerprint density at radius 2 is 2.30 bits per heavy atom. The van der Waals surface area contributed by atoms with Crippen molar-refractivity contribution in [2.45, 2.75) is 32.4 Å². The molecule has 2 N–H and O–H groups in total. The highest BCUT2D eigenvalue weighted by Crippen LogP contribution is 2.24. The molecule has 2 heterocycles. The van der Waals surface area contributed by atoms with E-state index in [0.717, 1.165) is 18.5 Å². The van der Waals surface area contributed by atoms with Crippen molar-refractivity contribution in [1.29, 1.82) is 0 Å². The molecule has 0 unspecified atom stereocenters. The minimum absolute atomic E-state index is 0.00258. The molecular weight excluding hydrogens is 296 g/mol. The van der Waals surface area contributed by atoms with E-state index in [9.17, 15) is 9.90 Å². The Kier molecular flexibility index (Phi) is 4.57. The molecule has 0 spiro atoms. The van der Waals surface area contributed by atoms with Crippen molar-refractivity contribution < 1.29 is 14.4 Å². The van der Waals surface area contributed by atoms with Crippen molar-refractivity contribution in [3.63, 3.8) is 0 Å². The molecule has 1 saturated heterocycles. The molecule has 1 aromatic heterocycles. The number of aryl methyl sites for hydroxylation is 1. The number of benzene rings is 1. The van der Waals surface area contributed by atoms with Gasteiger partial charge in [-0.15, -0.1) is 0 Å². The maximum absolute atomic E-state index is 12.8. The monoisotopic (exact) mass is 316 g/mol. The molecule has 7 heteroatoms. The van der Waals surface area contributed by atoms with Gasteiger partial charge in [0.1, 0.15) is 0 Å². The first-order valence-corrected chi connectivity index (χ1v) is 7.73. The van der Waals surface area contributed by atoms with E-state index in [1.165, 1.54) is 0 Å². The van der Waals surface area contributed by atoms with Gasteiger partial charge in [-0.1, -0.05) is 17.3 Å². The molecule has 23 heavy (non-hydrogen) atoms. The van der Waals surface area contributed by atoms with Crippen LogP contribution in [-0.2, 0) is 6.54 Å². The molecule has 0 radical (unpaired) electrons. The maximum Gasteiger partial charge on any atom is 0.256 e. The summed E-state index contributed by atoms with van der Waals surface area (Å²) in [6.07, 6.45) is 1.77. The molecule has 1 fully saturated rings. The lowest BCUT2D eigenvalue weighted by atomic mass is 10.1. The summed E-state index contributed by atoms with van der Waals surface area (Å²) in [6.45, 7) is 2.80. The molecule has 1 aromatic carbocycles. The van der Waals surface area contributed by atoms with Crippen molar-refractivity contribution in [3.05, 3.63) is 41.5 Å². The molecule has 1 atom stereocenters. The van der Waals surface area contributed by atoms with Gasteiger partial charge in [0.15, 0.2) is 5.82 Å². The normalized spacial score (nSPS) is 17.5. The zero-order chi connectivity index (χ0) is 16.2. The Bertz CT molecular complexity index is 685. The fourth-order valence-electron chi connectivity index (χ4n) is 2.85. The lowest BCUT2D eigenvalue weighted by Crippen LogP contribution is -2.37. The highest BCUT2D eigenvalue weighted by atomic mass is 16.5. The molecule has 1 aliphatic heterocycles. The third-order valence-corrected chi connectivity index (χ3v) is 4.01. The molecule has 2 aromatic rings. The number of carbonyl (C=O) groups excluding carboxylic acids is 1. The number of amides is 1. The van der Waals surface area contributed by atoms with Crippen molar-refractivity contribution in [2.24, 2.45) is 0 Å². The number of aromatic nitrogens is 2. The van der Waals surface area contributed by atoms with E-state index in [1.807, 2.05) is 18.2 Å². The van der Waals surface area contributed by atoms with Gasteiger partial charge in [-0.3, -0.25) is 4.79 Å². The number of likely N-dealkylation sites (tertiary alicyclic amines) is 1. The van der Waals surface area contributed by atoms with Crippen molar-refractivity contribution >= 4 is 11.6 Å². The van der Waals surface area contributed by atoms with Gasteiger partial charge in [-0.2, -0.15) is 4.98 Å². The van der Waals surface area contributed by atoms with Gasteiger partial charge in [0.05, 0.1) is 24.8 Å². The first-order valence-electron chi connectivity index (χ1n) is 7.73. The van der Waals surface area contributed by atoms with Crippen LogP contribution in [0.1, 0.15) is 34.9 Å². The van der Waals surface area contributed by atoms with E-state index in [1.54, 1.807) is 17.9 Å². The van der Waals surface area contributed by atoms with Crippen molar-refractivity contribution in [2.75, 3.05) is 18.5 Å². The van der Waals surface area contributed by atoms with E-state index >= 15 is 0 Å². The summed E-state index contributed by atoms with van der Waals surface area (Å²) in [5.41, 5.74) is 1.31. The molecule has 0 aliphatic carbocycles. The summed E-state index contributed by atoms with van der Waals surface area (Å²) < 4.78 is 5.07. The highest BCUT2D eigenvalue weighted by molar-refractivity contribution is 5.99. The lowest BCUT2D eigenvalue weighted by Gasteiger charge is -2.24. The van der Waals surface area contributed by atoms with Crippen molar-refractivity contribution in [1.82, 2.24) is 15.0 Å². The SMILES string of the molecule is Cc1noc(CNc2ccccc2C(=O)N2CCC[C@H]2CO)n1. The molecule has 3 rings (SSSR count). The Morgan fingerprint density at radius 3 is 3.04 bits per heavy atom. The summed E-state index contributed by atoms with van der Waals surface area (Å²) in [6, 6.07) is 7.25. The standard InChI is InChI=1S/C16H20N4O3/c1-11-18-15(23-19-11)9-17-14-7-3-2-6-13(14)16(22)20-8-4-5-12(20)10-21/h2-3,6-7,12,17,21H,4-5,8-10H2,1H3/t12-/m0/s1. The topological polar surface area (TPSA) is 91.5 Å². The van der Waals surface area contributed by atoms with E-state index in [-0.39, 0.29) is 18.6 Å². The number of aliphatic hydroxyl groups excluding tert-OH is 1. The second-order valence-corrected chi connectivity index (χ2v) is 5.61. The molecule has 1 aliphatic rings. The predicted molar refractivity (Wildman–Crippen MR) is 83.9 cm³/mol. The molecule has 1 amide bonds. The fraction of sp³-hybridized carbons (Fsp3) is 0.438. The van der Waals surface area contributed by atoms with Gasteiger partial charge in [0.25, 0.3) is 5.91 Å². The number of carbonyl (C=O) groups is 1. The minimum atomic E-state index is -0.0888. The lowest BCUT2D eigenvalue weighted by molar-refractivity contribution is 0.0678.